The molecular formula is C15H18N2O2. The normalized spacial score (nSPS) is 10.1. The fraction of sp³-hybridized carbons (Fsp3) is 0.200. The van der Waals surface area contributed by atoms with Crippen LogP contribution < -0.4 is 15.0 Å². The van der Waals surface area contributed by atoms with Crippen LogP contribution >= 0.6 is 0 Å². The largest absolute Gasteiger partial charge is 0.508 e. The maximum Gasteiger partial charge on any atom is 0.145 e. The number of aromatic hydroxyl groups is 1. The van der Waals surface area contributed by atoms with Gasteiger partial charge in [0.15, 0.2) is 0 Å². The van der Waals surface area contributed by atoms with Crippen molar-refractivity contribution >= 4 is 17.1 Å². The predicted octanol–water partition coefficient (Wildman–Crippen LogP) is 3.21. The Morgan fingerprint density at radius 1 is 1.05 bits per heavy atom. The Balaban J connectivity index is 2.21. The molecule has 0 unspecified atom stereocenters. The fourth-order valence-corrected chi connectivity index (χ4v) is 1.78. The second-order valence-corrected chi connectivity index (χ2v) is 4.45. The summed E-state index contributed by atoms with van der Waals surface area (Å²) in [4.78, 5) is 2.05. The molecule has 0 bridgehead atoms. The lowest BCUT2D eigenvalue weighted by Crippen LogP contribution is -2.08. The second kappa shape index (κ2) is 5.52. The maximum absolute atomic E-state index is 9.42. The fourth-order valence-electron chi connectivity index (χ4n) is 1.78. The average Bonchev–Trinajstić information content (AvgIpc) is 2.41. The van der Waals surface area contributed by atoms with E-state index in [1.54, 1.807) is 25.3 Å². The van der Waals surface area contributed by atoms with Crippen LogP contribution in [-0.2, 0) is 0 Å². The van der Waals surface area contributed by atoms with Gasteiger partial charge in [-0.15, -0.1) is 0 Å². The third-order valence-corrected chi connectivity index (χ3v) is 2.85. The van der Waals surface area contributed by atoms with Gasteiger partial charge in [-0.2, -0.15) is 0 Å². The highest BCUT2D eigenvalue weighted by Crippen LogP contribution is 2.31. The number of rotatable bonds is 4. The van der Waals surface area contributed by atoms with Crippen molar-refractivity contribution in [3.8, 4) is 11.5 Å². The van der Waals surface area contributed by atoms with Crippen molar-refractivity contribution in [3.63, 3.8) is 0 Å². The number of hydrogen-bond acceptors (Lipinski definition) is 4. The van der Waals surface area contributed by atoms with Crippen LogP contribution in [0.2, 0.25) is 0 Å². The van der Waals surface area contributed by atoms with Gasteiger partial charge >= 0.3 is 0 Å². The number of benzene rings is 2. The van der Waals surface area contributed by atoms with Crippen molar-refractivity contribution < 1.29 is 9.84 Å². The van der Waals surface area contributed by atoms with Crippen LogP contribution in [-0.4, -0.2) is 26.3 Å². The lowest BCUT2D eigenvalue weighted by Gasteiger charge is -2.14. The predicted molar refractivity (Wildman–Crippen MR) is 78.7 cm³/mol. The van der Waals surface area contributed by atoms with Gasteiger partial charge < -0.3 is 20.1 Å². The van der Waals surface area contributed by atoms with Crippen LogP contribution in [0.15, 0.2) is 42.5 Å². The second-order valence-electron chi connectivity index (χ2n) is 4.45. The number of ether oxygens (including phenoxy) is 1. The zero-order chi connectivity index (χ0) is 13.8. The van der Waals surface area contributed by atoms with E-state index in [0.29, 0.717) is 5.75 Å². The summed E-state index contributed by atoms with van der Waals surface area (Å²) >= 11 is 0. The summed E-state index contributed by atoms with van der Waals surface area (Å²) in [5, 5.41) is 12.7. The van der Waals surface area contributed by atoms with Crippen molar-refractivity contribution in [3.05, 3.63) is 42.5 Å². The number of phenols is 1. The van der Waals surface area contributed by atoms with Crippen molar-refractivity contribution in [1.82, 2.24) is 0 Å². The lowest BCUT2D eigenvalue weighted by atomic mass is 10.2. The number of hydrogen-bond donors (Lipinski definition) is 2. The molecule has 0 aromatic heterocycles. The van der Waals surface area contributed by atoms with Gasteiger partial charge in [-0.3, -0.25) is 0 Å². The summed E-state index contributed by atoms with van der Waals surface area (Å²) in [6.07, 6.45) is 0. The summed E-state index contributed by atoms with van der Waals surface area (Å²) in [5.74, 6) is 0.794. The van der Waals surface area contributed by atoms with E-state index in [1.165, 1.54) is 0 Å². The average molecular weight is 258 g/mol. The molecule has 0 aliphatic carbocycles. The molecule has 4 nitrogen and oxygen atoms in total. The van der Waals surface area contributed by atoms with Gasteiger partial charge in [-0.05, 0) is 36.4 Å². The van der Waals surface area contributed by atoms with Crippen LogP contribution in [0.1, 0.15) is 0 Å². The first-order chi connectivity index (χ1) is 9.10. The molecule has 0 heterocycles. The van der Waals surface area contributed by atoms with E-state index < -0.39 is 0 Å². The van der Waals surface area contributed by atoms with E-state index in [9.17, 15) is 5.11 Å². The number of anilines is 3. The highest BCUT2D eigenvalue weighted by atomic mass is 16.5. The molecule has 0 radical (unpaired) electrons. The smallest absolute Gasteiger partial charge is 0.145 e. The summed E-state index contributed by atoms with van der Waals surface area (Å²) in [5.41, 5.74) is 2.93. The van der Waals surface area contributed by atoms with Crippen LogP contribution in [0.5, 0.6) is 11.5 Å². The molecule has 0 atom stereocenters. The quantitative estimate of drug-likeness (QED) is 0.827. The zero-order valence-corrected chi connectivity index (χ0v) is 11.3. The van der Waals surface area contributed by atoms with Gasteiger partial charge in [0, 0.05) is 31.5 Å². The van der Waals surface area contributed by atoms with Crippen LogP contribution in [0, 0.1) is 0 Å². The van der Waals surface area contributed by atoms with Crippen molar-refractivity contribution in [2.75, 3.05) is 31.4 Å². The topological polar surface area (TPSA) is 44.7 Å². The van der Waals surface area contributed by atoms with Crippen LogP contribution in [0.25, 0.3) is 0 Å². The molecule has 0 amide bonds. The molecule has 0 saturated carbocycles. The molecule has 100 valence electrons. The highest BCUT2D eigenvalue weighted by Gasteiger charge is 2.04. The standard InChI is InChI=1S/C15H18N2O2/c1-17(2)12-6-4-11(5-7-12)16-14-9-8-13(18)10-15(14)19-3/h4-10,16,18H,1-3H3. The molecule has 0 spiro atoms. The van der Waals surface area contributed by atoms with E-state index >= 15 is 0 Å². The Morgan fingerprint density at radius 2 is 1.74 bits per heavy atom. The number of nitrogens with zero attached hydrogens (tertiary/aromatic N) is 1. The van der Waals surface area contributed by atoms with Crippen LogP contribution in [0.4, 0.5) is 17.1 Å². The Kier molecular flexibility index (Phi) is 3.80. The number of nitrogens with one attached hydrogen (secondary N) is 1. The SMILES string of the molecule is COc1cc(O)ccc1Nc1ccc(N(C)C)cc1. The van der Waals surface area contributed by atoms with E-state index in [4.69, 9.17) is 4.74 Å². The Hall–Kier alpha value is -2.36. The van der Waals surface area contributed by atoms with Crippen molar-refractivity contribution in [2.45, 2.75) is 0 Å². The molecule has 4 heteroatoms. The van der Waals surface area contributed by atoms with Gasteiger partial charge in [0.2, 0.25) is 0 Å². The van der Waals surface area contributed by atoms with Gasteiger partial charge in [-0.25, -0.2) is 0 Å². The van der Waals surface area contributed by atoms with Crippen molar-refractivity contribution in [1.29, 1.82) is 0 Å². The van der Waals surface area contributed by atoms with E-state index in [-0.39, 0.29) is 5.75 Å². The first-order valence-electron chi connectivity index (χ1n) is 6.01. The highest BCUT2D eigenvalue weighted by molar-refractivity contribution is 5.68. The minimum Gasteiger partial charge on any atom is -0.508 e. The van der Waals surface area contributed by atoms with Gasteiger partial charge in [-0.1, -0.05) is 0 Å². The third kappa shape index (κ3) is 3.10. The van der Waals surface area contributed by atoms with E-state index in [0.717, 1.165) is 17.1 Å². The molecule has 0 aliphatic rings. The Labute approximate surface area is 113 Å². The van der Waals surface area contributed by atoms with Gasteiger partial charge in [0.1, 0.15) is 11.5 Å². The summed E-state index contributed by atoms with van der Waals surface area (Å²) in [6, 6.07) is 13.1. The molecule has 2 aromatic rings. The number of methoxy groups -OCH3 is 1. The Bertz CT molecular complexity index is 551. The molecule has 0 fully saturated rings. The Morgan fingerprint density at radius 3 is 2.32 bits per heavy atom. The molecule has 0 aliphatic heterocycles. The minimum absolute atomic E-state index is 0.186. The molecular weight excluding hydrogens is 240 g/mol. The lowest BCUT2D eigenvalue weighted by molar-refractivity contribution is 0.409. The molecule has 19 heavy (non-hydrogen) atoms. The van der Waals surface area contributed by atoms with Gasteiger partial charge in [0.25, 0.3) is 0 Å². The van der Waals surface area contributed by atoms with E-state index in [2.05, 4.69) is 5.32 Å². The third-order valence-electron chi connectivity index (χ3n) is 2.85. The molecule has 0 saturated heterocycles. The summed E-state index contributed by atoms with van der Waals surface area (Å²) < 4.78 is 5.23. The molecule has 2 N–H and O–H groups in total. The summed E-state index contributed by atoms with van der Waals surface area (Å²) in [6.45, 7) is 0. The first-order valence-corrected chi connectivity index (χ1v) is 6.01. The first kappa shape index (κ1) is 13.1. The zero-order valence-electron chi connectivity index (χ0n) is 11.3. The molecule has 2 rings (SSSR count). The molecule has 2 aromatic carbocycles. The monoisotopic (exact) mass is 258 g/mol. The van der Waals surface area contributed by atoms with Crippen molar-refractivity contribution in [2.24, 2.45) is 0 Å². The summed E-state index contributed by atoms with van der Waals surface area (Å²) in [7, 11) is 5.59. The number of phenolic OH excluding ortho intramolecular Hbond substituents is 1. The minimum atomic E-state index is 0.186. The van der Waals surface area contributed by atoms with E-state index in [1.807, 2.05) is 43.3 Å². The van der Waals surface area contributed by atoms with Crippen LogP contribution in [0.3, 0.4) is 0 Å². The van der Waals surface area contributed by atoms with Gasteiger partial charge in [0.05, 0.1) is 12.8 Å². The maximum atomic E-state index is 9.42.